The summed E-state index contributed by atoms with van der Waals surface area (Å²) < 4.78 is 5.22. The highest BCUT2D eigenvalue weighted by atomic mass is 35.5. The summed E-state index contributed by atoms with van der Waals surface area (Å²) >= 11 is 7.29. The van der Waals surface area contributed by atoms with Crippen LogP contribution >= 0.6 is 23.4 Å². The molecule has 23 heavy (non-hydrogen) atoms. The van der Waals surface area contributed by atoms with Crippen molar-refractivity contribution in [3.05, 3.63) is 59.1 Å². The number of halogens is 1. The zero-order chi connectivity index (χ0) is 16.7. The number of nitrogens with one attached hydrogen (secondary N) is 1. The van der Waals surface area contributed by atoms with Crippen molar-refractivity contribution in [2.75, 3.05) is 7.11 Å². The summed E-state index contributed by atoms with van der Waals surface area (Å²) in [4.78, 5) is 13.0. The minimum absolute atomic E-state index is 0.170. The molecule has 6 heteroatoms. The van der Waals surface area contributed by atoms with Gasteiger partial charge in [0.1, 0.15) is 5.75 Å². The second-order valence-corrected chi connectivity index (χ2v) is 6.54. The van der Waals surface area contributed by atoms with Crippen LogP contribution in [0.25, 0.3) is 0 Å². The van der Waals surface area contributed by atoms with Gasteiger partial charge >= 0.3 is 0 Å². The van der Waals surface area contributed by atoms with Gasteiger partial charge in [-0.3, -0.25) is 4.79 Å². The zero-order valence-corrected chi connectivity index (χ0v) is 14.4. The van der Waals surface area contributed by atoms with E-state index in [-0.39, 0.29) is 11.2 Å². The number of methoxy groups -OCH3 is 1. The van der Waals surface area contributed by atoms with Crippen molar-refractivity contribution in [2.45, 2.75) is 17.1 Å². The topological polar surface area (TPSA) is 50.7 Å². The van der Waals surface area contributed by atoms with Crippen molar-refractivity contribution in [3.63, 3.8) is 0 Å². The lowest BCUT2D eigenvalue weighted by Crippen LogP contribution is -2.26. The third kappa shape index (κ3) is 5.30. The van der Waals surface area contributed by atoms with E-state index in [1.165, 1.54) is 11.8 Å². The number of carbonyl (C=O) groups is 1. The van der Waals surface area contributed by atoms with Crippen LogP contribution in [0.1, 0.15) is 12.5 Å². The quantitative estimate of drug-likeness (QED) is 0.488. The Balaban J connectivity index is 1.90. The van der Waals surface area contributed by atoms with E-state index in [0.717, 1.165) is 10.5 Å². The van der Waals surface area contributed by atoms with Crippen LogP contribution in [0.15, 0.2) is 58.5 Å². The normalized spacial score (nSPS) is 12.1. The number of hydrogen-bond acceptors (Lipinski definition) is 4. The van der Waals surface area contributed by atoms with Crippen molar-refractivity contribution >= 4 is 35.5 Å². The molecule has 1 N–H and O–H groups in total. The number of benzene rings is 2. The van der Waals surface area contributed by atoms with Crippen LogP contribution in [-0.4, -0.2) is 24.5 Å². The summed E-state index contributed by atoms with van der Waals surface area (Å²) in [5.41, 5.74) is 3.34. The van der Waals surface area contributed by atoms with Gasteiger partial charge in [-0.1, -0.05) is 23.7 Å². The van der Waals surface area contributed by atoms with Crippen molar-refractivity contribution in [3.8, 4) is 5.75 Å². The maximum absolute atomic E-state index is 12.1. The van der Waals surface area contributed by atoms with Gasteiger partial charge in [0.2, 0.25) is 0 Å². The Bertz CT molecular complexity index is 689. The second kappa shape index (κ2) is 8.60. The Morgan fingerprint density at radius 3 is 2.65 bits per heavy atom. The summed E-state index contributed by atoms with van der Waals surface area (Å²) in [5, 5.41) is 4.39. The summed E-state index contributed by atoms with van der Waals surface area (Å²) in [5.74, 6) is 0.533. The van der Waals surface area contributed by atoms with Gasteiger partial charge in [-0.15, -0.1) is 11.8 Å². The smallest absolute Gasteiger partial charge is 0.253 e. The number of rotatable bonds is 6. The van der Waals surface area contributed by atoms with Crippen molar-refractivity contribution in [1.82, 2.24) is 5.43 Å². The molecule has 0 saturated carbocycles. The fourth-order valence-electron chi connectivity index (χ4n) is 1.80. The molecule has 0 spiro atoms. The molecule has 0 bridgehead atoms. The van der Waals surface area contributed by atoms with Crippen LogP contribution in [0.2, 0.25) is 5.02 Å². The summed E-state index contributed by atoms with van der Waals surface area (Å²) in [6.45, 7) is 1.83. The van der Waals surface area contributed by atoms with Gasteiger partial charge in [0.05, 0.1) is 18.6 Å². The Morgan fingerprint density at radius 2 is 1.96 bits per heavy atom. The molecule has 0 unspecified atom stereocenters. The minimum atomic E-state index is -0.272. The van der Waals surface area contributed by atoms with E-state index in [4.69, 9.17) is 16.3 Å². The first-order valence-electron chi connectivity index (χ1n) is 6.98. The summed E-state index contributed by atoms with van der Waals surface area (Å²) in [7, 11) is 1.59. The van der Waals surface area contributed by atoms with Gasteiger partial charge in [0.15, 0.2) is 0 Å². The van der Waals surface area contributed by atoms with Crippen molar-refractivity contribution < 1.29 is 9.53 Å². The predicted octanol–water partition coefficient (Wildman–Crippen LogP) is 3.98. The van der Waals surface area contributed by atoms with Gasteiger partial charge < -0.3 is 4.74 Å². The van der Waals surface area contributed by atoms with Crippen LogP contribution in [0.5, 0.6) is 5.75 Å². The second-order valence-electron chi connectivity index (χ2n) is 4.69. The molecule has 2 rings (SSSR count). The Labute approximate surface area is 144 Å². The molecule has 120 valence electrons. The molecule has 0 aliphatic rings. The van der Waals surface area contributed by atoms with Crippen LogP contribution in [0.3, 0.4) is 0 Å². The van der Waals surface area contributed by atoms with E-state index in [1.54, 1.807) is 25.5 Å². The molecule has 0 heterocycles. The molecule has 0 saturated heterocycles. The van der Waals surface area contributed by atoms with Crippen LogP contribution in [0, 0.1) is 0 Å². The van der Waals surface area contributed by atoms with Crippen LogP contribution in [0.4, 0.5) is 0 Å². The molecule has 2 aromatic carbocycles. The van der Waals surface area contributed by atoms with Crippen LogP contribution < -0.4 is 10.2 Å². The predicted molar refractivity (Wildman–Crippen MR) is 95.5 cm³/mol. The Morgan fingerprint density at radius 1 is 1.26 bits per heavy atom. The van der Waals surface area contributed by atoms with Gasteiger partial charge in [-0.25, -0.2) is 5.43 Å². The standard InChI is InChI=1S/C17H17ClN2O2S/c1-12(23-15-9-7-14(18)8-10-15)17(21)20-19-11-13-5-3-4-6-16(13)22-2/h3-12H,1-2H3,(H,20,21)/b19-11-/t12-/m1/s1. The van der Waals surface area contributed by atoms with E-state index in [1.807, 2.05) is 43.3 Å². The number of ether oxygens (including phenoxy) is 1. The number of thioether (sulfide) groups is 1. The highest BCUT2D eigenvalue weighted by Crippen LogP contribution is 2.24. The average molecular weight is 349 g/mol. The summed E-state index contributed by atoms with van der Waals surface area (Å²) in [6.07, 6.45) is 1.57. The Kier molecular flexibility index (Phi) is 6.50. The molecule has 2 aromatic rings. The molecule has 1 atom stereocenters. The molecule has 0 aliphatic carbocycles. The van der Waals surface area contributed by atoms with Crippen LogP contribution in [-0.2, 0) is 4.79 Å². The number of nitrogens with zero attached hydrogens (tertiary/aromatic N) is 1. The first kappa shape index (κ1) is 17.4. The van der Waals surface area contributed by atoms with Gasteiger partial charge in [-0.2, -0.15) is 5.10 Å². The molecule has 1 amide bonds. The van der Waals surface area contributed by atoms with Crippen molar-refractivity contribution in [1.29, 1.82) is 0 Å². The molecule has 0 aromatic heterocycles. The van der Waals surface area contributed by atoms with Gasteiger partial charge in [0, 0.05) is 15.5 Å². The molecule has 0 aliphatic heterocycles. The highest BCUT2D eigenvalue weighted by molar-refractivity contribution is 8.00. The van der Waals surface area contributed by atoms with Crippen molar-refractivity contribution in [2.24, 2.45) is 5.10 Å². The van der Waals surface area contributed by atoms with Gasteiger partial charge in [-0.05, 0) is 43.3 Å². The number of hydrogen-bond donors (Lipinski definition) is 1. The lowest BCUT2D eigenvalue weighted by atomic mass is 10.2. The zero-order valence-electron chi connectivity index (χ0n) is 12.8. The lowest BCUT2D eigenvalue weighted by molar-refractivity contribution is -0.120. The minimum Gasteiger partial charge on any atom is -0.496 e. The fourth-order valence-corrected chi connectivity index (χ4v) is 2.79. The highest BCUT2D eigenvalue weighted by Gasteiger charge is 2.13. The maximum Gasteiger partial charge on any atom is 0.253 e. The molecular weight excluding hydrogens is 332 g/mol. The summed E-state index contributed by atoms with van der Waals surface area (Å²) in [6, 6.07) is 14.8. The first-order chi connectivity index (χ1) is 11.1. The molecule has 4 nitrogen and oxygen atoms in total. The van der Waals surface area contributed by atoms with E-state index in [0.29, 0.717) is 10.8 Å². The third-order valence-electron chi connectivity index (χ3n) is 3.01. The van der Waals surface area contributed by atoms with E-state index in [9.17, 15) is 4.79 Å². The monoisotopic (exact) mass is 348 g/mol. The van der Waals surface area contributed by atoms with E-state index < -0.39 is 0 Å². The van der Waals surface area contributed by atoms with E-state index in [2.05, 4.69) is 10.5 Å². The Hall–Kier alpha value is -1.98. The molecular formula is C17H17ClN2O2S. The van der Waals surface area contributed by atoms with E-state index >= 15 is 0 Å². The number of para-hydroxylation sites is 1. The largest absolute Gasteiger partial charge is 0.496 e. The third-order valence-corrected chi connectivity index (χ3v) is 4.38. The SMILES string of the molecule is COc1ccccc1/C=N\NC(=O)[C@@H](C)Sc1ccc(Cl)cc1. The number of hydrazone groups is 1. The average Bonchev–Trinajstić information content (AvgIpc) is 2.57. The number of carbonyl (C=O) groups excluding carboxylic acids is 1. The lowest BCUT2D eigenvalue weighted by Gasteiger charge is -2.09. The number of amides is 1. The fraction of sp³-hybridized carbons (Fsp3) is 0.176. The first-order valence-corrected chi connectivity index (χ1v) is 8.24. The molecule has 0 radical (unpaired) electrons. The molecule has 0 fully saturated rings. The maximum atomic E-state index is 12.1. The van der Waals surface area contributed by atoms with Gasteiger partial charge in [0.25, 0.3) is 5.91 Å².